The van der Waals surface area contributed by atoms with Gasteiger partial charge in [-0.1, -0.05) is 0 Å². The maximum absolute atomic E-state index is 13.9. The van der Waals surface area contributed by atoms with Crippen molar-refractivity contribution < 1.29 is 18.0 Å². The Balaban J connectivity index is 1.85. The van der Waals surface area contributed by atoms with Gasteiger partial charge in [0.15, 0.2) is 11.6 Å². The van der Waals surface area contributed by atoms with Crippen LogP contribution < -0.4 is 0 Å². The van der Waals surface area contributed by atoms with Crippen LogP contribution in [0.15, 0.2) is 12.1 Å². The maximum atomic E-state index is 13.9. The van der Waals surface area contributed by atoms with E-state index in [2.05, 4.69) is 10.2 Å². The number of amides is 1. The predicted molar refractivity (Wildman–Crippen MR) is 77.2 cm³/mol. The van der Waals surface area contributed by atoms with Crippen LogP contribution in [0.5, 0.6) is 0 Å². The SMILES string of the molecule is Cc1n[nH]c(C)c1CN1CCC(c2cc(F)cc(F)c2F)C1=O. The fourth-order valence-electron chi connectivity index (χ4n) is 3.01. The van der Waals surface area contributed by atoms with E-state index in [1.54, 1.807) is 4.90 Å². The minimum Gasteiger partial charge on any atom is -0.338 e. The third-order valence-electron chi connectivity index (χ3n) is 4.32. The molecule has 1 aliphatic heterocycles. The smallest absolute Gasteiger partial charge is 0.230 e. The van der Waals surface area contributed by atoms with Gasteiger partial charge < -0.3 is 4.90 Å². The number of nitrogens with zero attached hydrogens (tertiary/aromatic N) is 2. The highest BCUT2D eigenvalue weighted by atomic mass is 19.2. The molecule has 1 atom stereocenters. The molecule has 1 unspecified atom stereocenters. The Kier molecular flexibility index (Phi) is 3.87. The number of aryl methyl sites for hydroxylation is 2. The zero-order valence-electron chi connectivity index (χ0n) is 12.8. The van der Waals surface area contributed by atoms with Crippen LogP contribution in [-0.4, -0.2) is 27.5 Å². The quantitative estimate of drug-likeness (QED) is 0.883. The molecule has 2 aromatic rings. The molecule has 7 heteroatoms. The van der Waals surface area contributed by atoms with Crippen LogP contribution in [0, 0.1) is 31.3 Å². The highest BCUT2D eigenvalue weighted by Crippen LogP contribution is 2.33. The minimum absolute atomic E-state index is 0.212. The summed E-state index contributed by atoms with van der Waals surface area (Å²) >= 11 is 0. The van der Waals surface area contributed by atoms with Gasteiger partial charge in [-0.25, -0.2) is 13.2 Å². The Bertz CT molecular complexity index is 753. The van der Waals surface area contributed by atoms with Crippen LogP contribution in [-0.2, 0) is 11.3 Å². The monoisotopic (exact) mass is 323 g/mol. The third-order valence-corrected chi connectivity index (χ3v) is 4.32. The van der Waals surface area contributed by atoms with Crippen LogP contribution in [0.2, 0.25) is 0 Å². The Morgan fingerprint density at radius 2 is 2.04 bits per heavy atom. The number of hydrogen-bond acceptors (Lipinski definition) is 2. The van der Waals surface area contributed by atoms with Crippen molar-refractivity contribution in [1.82, 2.24) is 15.1 Å². The number of rotatable bonds is 3. The summed E-state index contributed by atoms with van der Waals surface area (Å²) in [5.74, 6) is -4.48. The first-order valence-corrected chi connectivity index (χ1v) is 7.32. The topological polar surface area (TPSA) is 49.0 Å². The van der Waals surface area contributed by atoms with E-state index in [0.717, 1.165) is 23.0 Å². The number of likely N-dealkylation sites (tertiary alicyclic amines) is 1. The van der Waals surface area contributed by atoms with Gasteiger partial charge in [0.2, 0.25) is 5.91 Å². The summed E-state index contributed by atoms with van der Waals surface area (Å²) in [7, 11) is 0. The molecule has 1 amide bonds. The van der Waals surface area contributed by atoms with Gasteiger partial charge in [-0.15, -0.1) is 0 Å². The Labute approximate surface area is 131 Å². The van der Waals surface area contributed by atoms with Crippen LogP contribution >= 0.6 is 0 Å². The molecule has 0 aliphatic carbocycles. The summed E-state index contributed by atoms with van der Waals surface area (Å²) in [5, 5.41) is 6.92. The zero-order chi connectivity index (χ0) is 16.7. The second-order valence-electron chi connectivity index (χ2n) is 5.80. The van der Waals surface area contributed by atoms with Crippen molar-refractivity contribution in [2.75, 3.05) is 6.54 Å². The Morgan fingerprint density at radius 1 is 1.30 bits per heavy atom. The van der Waals surface area contributed by atoms with Gasteiger partial charge in [-0.2, -0.15) is 5.10 Å². The molecule has 0 saturated carbocycles. The van der Waals surface area contributed by atoms with E-state index in [1.807, 2.05) is 13.8 Å². The lowest BCUT2D eigenvalue weighted by molar-refractivity contribution is -0.129. The molecule has 2 heterocycles. The summed E-state index contributed by atoms with van der Waals surface area (Å²) < 4.78 is 40.6. The van der Waals surface area contributed by atoms with Crippen molar-refractivity contribution in [2.24, 2.45) is 0 Å². The lowest BCUT2D eigenvalue weighted by atomic mass is 9.97. The molecule has 1 aromatic heterocycles. The third kappa shape index (κ3) is 2.71. The maximum Gasteiger partial charge on any atom is 0.230 e. The van der Waals surface area contributed by atoms with Crippen LogP contribution in [0.1, 0.15) is 34.9 Å². The van der Waals surface area contributed by atoms with Crippen LogP contribution in [0.25, 0.3) is 0 Å². The molecule has 23 heavy (non-hydrogen) atoms. The number of halogens is 3. The van der Waals surface area contributed by atoms with E-state index in [4.69, 9.17) is 0 Å². The number of carbonyl (C=O) groups is 1. The summed E-state index contributed by atoms with van der Waals surface area (Å²) in [5.41, 5.74) is 2.35. The molecule has 122 valence electrons. The number of aromatic amines is 1. The van der Waals surface area contributed by atoms with Gasteiger partial charge in [0.05, 0.1) is 11.6 Å². The highest BCUT2D eigenvalue weighted by Gasteiger charge is 2.36. The molecule has 1 aromatic carbocycles. The summed E-state index contributed by atoms with van der Waals surface area (Å²) in [6.45, 7) is 4.45. The number of aromatic nitrogens is 2. The average molecular weight is 323 g/mol. The van der Waals surface area contributed by atoms with Crippen LogP contribution in [0.4, 0.5) is 13.2 Å². The van der Waals surface area contributed by atoms with E-state index in [0.29, 0.717) is 25.6 Å². The van der Waals surface area contributed by atoms with E-state index in [-0.39, 0.29) is 11.5 Å². The fourth-order valence-corrected chi connectivity index (χ4v) is 3.01. The van der Waals surface area contributed by atoms with Crippen molar-refractivity contribution in [1.29, 1.82) is 0 Å². The largest absolute Gasteiger partial charge is 0.338 e. The molecule has 0 spiro atoms. The van der Waals surface area contributed by atoms with Gasteiger partial charge in [0.25, 0.3) is 0 Å². The summed E-state index contributed by atoms with van der Waals surface area (Å²) in [4.78, 5) is 14.1. The van der Waals surface area contributed by atoms with Gasteiger partial charge in [0.1, 0.15) is 5.82 Å². The molecule has 4 nitrogen and oxygen atoms in total. The van der Waals surface area contributed by atoms with Gasteiger partial charge >= 0.3 is 0 Å². The second-order valence-corrected chi connectivity index (χ2v) is 5.80. The van der Waals surface area contributed by atoms with E-state index in [1.165, 1.54) is 0 Å². The molecular formula is C16H16F3N3O. The zero-order valence-corrected chi connectivity index (χ0v) is 12.8. The predicted octanol–water partition coefficient (Wildman–Crippen LogP) is 2.96. The molecule has 1 aliphatic rings. The first-order valence-electron chi connectivity index (χ1n) is 7.32. The number of nitrogens with one attached hydrogen (secondary N) is 1. The molecule has 0 radical (unpaired) electrons. The molecule has 1 fully saturated rings. The Morgan fingerprint density at radius 3 is 2.70 bits per heavy atom. The standard InChI is InChI=1S/C16H16F3N3O/c1-8-13(9(2)21-20-8)7-22-4-3-11(16(22)23)12-5-10(17)6-14(18)15(12)19/h5-6,11H,3-4,7H2,1-2H3,(H,20,21). The van der Waals surface area contributed by atoms with Gasteiger partial charge in [-0.3, -0.25) is 9.89 Å². The van der Waals surface area contributed by atoms with Gasteiger partial charge in [-0.05, 0) is 26.3 Å². The second kappa shape index (κ2) is 5.72. The number of carbonyl (C=O) groups excluding carboxylic acids is 1. The van der Waals surface area contributed by atoms with Crippen molar-refractivity contribution in [3.05, 3.63) is 52.1 Å². The molecule has 3 rings (SSSR count). The fraction of sp³-hybridized carbons (Fsp3) is 0.375. The normalized spacial score (nSPS) is 18.0. The number of benzene rings is 1. The van der Waals surface area contributed by atoms with Gasteiger partial charge in [0, 0.05) is 36.0 Å². The average Bonchev–Trinajstić information content (AvgIpc) is 3.01. The van der Waals surface area contributed by atoms with Crippen molar-refractivity contribution in [3.8, 4) is 0 Å². The first-order chi connectivity index (χ1) is 10.9. The van der Waals surface area contributed by atoms with E-state index >= 15 is 0 Å². The lowest BCUT2D eigenvalue weighted by Crippen LogP contribution is -2.27. The summed E-state index contributed by atoms with van der Waals surface area (Å²) in [6, 6.07) is 1.38. The van der Waals surface area contributed by atoms with E-state index in [9.17, 15) is 18.0 Å². The van der Waals surface area contributed by atoms with E-state index < -0.39 is 23.4 Å². The highest BCUT2D eigenvalue weighted by molar-refractivity contribution is 5.85. The lowest BCUT2D eigenvalue weighted by Gasteiger charge is -2.17. The molecule has 1 saturated heterocycles. The first kappa shape index (κ1) is 15.6. The number of hydrogen-bond donors (Lipinski definition) is 1. The minimum atomic E-state index is -1.27. The van der Waals surface area contributed by atoms with Crippen molar-refractivity contribution in [3.63, 3.8) is 0 Å². The van der Waals surface area contributed by atoms with Crippen molar-refractivity contribution in [2.45, 2.75) is 32.7 Å². The molecule has 0 bridgehead atoms. The molecular weight excluding hydrogens is 307 g/mol. The summed E-state index contributed by atoms with van der Waals surface area (Å²) in [6.07, 6.45) is 0.328. The Hall–Kier alpha value is -2.31. The van der Waals surface area contributed by atoms with Crippen molar-refractivity contribution >= 4 is 5.91 Å². The molecule has 1 N–H and O–H groups in total. The number of H-pyrrole nitrogens is 1. The van der Waals surface area contributed by atoms with Crippen LogP contribution in [0.3, 0.4) is 0 Å².